The third-order valence-electron chi connectivity index (χ3n) is 5.94. The zero-order valence-electron chi connectivity index (χ0n) is 20.5. The minimum absolute atomic E-state index is 0.190. The molecule has 0 saturated carbocycles. The van der Waals surface area contributed by atoms with Crippen molar-refractivity contribution in [3.8, 4) is 0 Å². The Labute approximate surface area is 204 Å². The van der Waals surface area contributed by atoms with E-state index in [2.05, 4.69) is 25.9 Å². The molecular formula is C22H37N7O6. The third kappa shape index (κ3) is 9.35. The second-order valence-electron chi connectivity index (χ2n) is 8.70. The van der Waals surface area contributed by atoms with E-state index in [4.69, 9.17) is 11.5 Å². The van der Waals surface area contributed by atoms with E-state index in [1.807, 2.05) is 6.92 Å². The Bertz CT molecular complexity index is 876. The molecule has 196 valence electrons. The van der Waals surface area contributed by atoms with Crippen LogP contribution in [0, 0.1) is 11.8 Å². The number of aromatic nitrogens is 2. The zero-order valence-corrected chi connectivity index (χ0v) is 20.5. The number of carboxylic acid groups (broad SMARTS) is 1. The average molecular weight is 496 g/mol. The molecular weight excluding hydrogens is 458 g/mol. The number of aliphatic carboxylic acids is 1. The minimum Gasteiger partial charge on any atom is -0.480 e. The molecule has 1 aromatic heterocycles. The molecule has 0 fully saturated rings. The van der Waals surface area contributed by atoms with Gasteiger partial charge < -0.3 is 37.5 Å². The Hall–Kier alpha value is -3.48. The van der Waals surface area contributed by atoms with Crippen LogP contribution in [0.2, 0.25) is 0 Å². The first kappa shape index (κ1) is 29.6. The molecule has 1 aromatic rings. The number of carbonyl (C=O) groups is 5. The molecule has 13 heteroatoms. The summed E-state index contributed by atoms with van der Waals surface area (Å²) in [6, 6.07) is -4.56. The summed E-state index contributed by atoms with van der Waals surface area (Å²) in [5.41, 5.74) is 11.7. The number of nitrogens with zero attached hydrogens (tertiary/aromatic N) is 1. The van der Waals surface area contributed by atoms with E-state index in [-0.39, 0.29) is 18.3 Å². The number of carboxylic acids is 1. The molecule has 0 aliphatic carbocycles. The van der Waals surface area contributed by atoms with Crippen LogP contribution in [0.15, 0.2) is 12.5 Å². The van der Waals surface area contributed by atoms with Crippen LogP contribution in [0.1, 0.15) is 52.7 Å². The van der Waals surface area contributed by atoms with Crippen molar-refractivity contribution >= 4 is 29.6 Å². The maximum atomic E-state index is 13.2. The maximum absolute atomic E-state index is 13.2. The maximum Gasteiger partial charge on any atom is 0.326 e. The highest BCUT2D eigenvalue weighted by molar-refractivity contribution is 5.95. The predicted octanol–water partition coefficient (Wildman–Crippen LogP) is -1.21. The van der Waals surface area contributed by atoms with Crippen molar-refractivity contribution in [1.82, 2.24) is 25.9 Å². The molecule has 6 unspecified atom stereocenters. The number of rotatable bonds is 15. The first-order valence-corrected chi connectivity index (χ1v) is 11.6. The topological polar surface area (TPSA) is 222 Å². The molecule has 0 aliphatic rings. The molecule has 0 saturated heterocycles. The van der Waals surface area contributed by atoms with Gasteiger partial charge in [0, 0.05) is 18.3 Å². The van der Waals surface area contributed by atoms with Crippen molar-refractivity contribution in [2.45, 2.75) is 77.5 Å². The lowest BCUT2D eigenvalue weighted by atomic mass is 9.94. The second-order valence-corrected chi connectivity index (χ2v) is 8.70. The standard InChI is InChI=1S/C22H37N7O6/c1-5-11(3)17(20(32)27-15(22(34)35)8-16(24)30)29-21(33)18(12(4)6-2)28-19(31)14(23)7-13-9-25-10-26-13/h9-12,14-15,17-18H,5-8,23H2,1-4H3,(H2,24,30)(H,25,26)(H,27,32)(H,28,31)(H,29,33)(H,34,35). The van der Waals surface area contributed by atoms with Gasteiger partial charge in [0.15, 0.2) is 0 Å². The molecule has 0 spiro atoms. The van der Waals surface area contributed by atoms with Crippen LogP contribution in [-0.4, -0.2) is 68.8 Å². The summed E-state index contributed by atoms with van der Waals surface area (Å²) in [6.07, 6.45) is 3.64. The Morgan fingerprint density at radius 1 is 0.971 bits per heavy atom. The van der Waals surface area contributed by atoms with Gasteiger partial charge in [-0.1, -0.05) is 40.5 Å². The van der Waals surface area contributed by atoms with Crippen molar-refractivity contribution in [2.24, 2.45) is 23.3 Å². The van der Waals surface area contributed by atoms with E-state index in [1.54, 1.807) is 27.0 Å². The van der Waals surface area contributed by atoms with Gasteiger partial charge in [-0.3, -0.25) is 19.2 Å². The quantitative estimate of drug-likeness (QED) is 0.156. The monoisotopic (exact) mass is 495 g/mol. The van der Waals surface area contributed by atoms with Crippen LogP contribution in [0.5, 0.6) is 0 Å². The summed E-state index contributed by atoms with van der Waals surface area (Å²) in [5.74, 6) is -4.92. The van der Waals surface area contributed by atoms with Crippen molar-refractivity contribution in [1.29, 1.82) is 0 Å². The molecule has 35 heavy (non-hydrogen) atoms. The number of primary amides is 1. The Kier molecular flexibility index (Phi) is 11.9. The van der Waals surface area contributed by atoms with Crippen molar-refractivity contribution < 1.29 is 29.1 Å². The Morgan fingerprint density at radius 2 is 1.49 bits per heavy atom. The first-order valence-electron chi connectivity index (χ1n) is 11.6. The predicted molar refractivity (Wildman–Crippen MR) is 126 cm³/mol. The van der Waals surface area contributed by atoms with Crippen molar-refractivity contribution in [2.75, 3.05) is 0 Å². The molecule has 0 bridgehead atoms. The number of amides is 4. The van der Waals surface area contributed by atoms with E-state index in [0.29, 0.717) is 18.5 Å². The van der Waals surface area contributed by atoms with Gasteiger partial charge in [0.05, 0.1) is 18.8 Å². The van der Waals surface area contributed by atoms with Crippen LogP contribution in [0.3, 0.4) is 0 Å². The lowest BCUT2D eigenvalue weighted by Crippen LogP contribution is -2.60. The summed E-state index contributed by atoms with van der Waals surface area (Å²) in [7, 11) is 0. The third-order valence-corrected chi connectivity index (χ3v) is 5.94. The summed E-state index contributed by atoms with van der Waals surface area (Å²) in [4.78, 5) is 68.1. The van der Waals surface area contributed by atoms with E-state index in [1.165, 1.54) is 6.33 Å². The van der Waals surface area contributed by atoms with Gasteiger partial charge in [-0.05, 0) is 11.8 Å². The summed E-state index contributed by atoms with van der Waals surface area (Å²) >= 11 is 0. The number of H-pyrrole nitrogens is 1. The lowest BCUT2D eigenvalue weighted by molar-refractivity contribution is -0.144. The van der Waals surface area contributed by atoms with Gasteiger partial charge in [-0.2, -0.15) is 0 Å². The molecule has 1 rings (SSSR count). The number of aromatic amines is 1. The summed E-state index contributed by atoms with van der Waals surface area (Å²) < 4.78 is 0. The number of nitrogens with one attached hydrogen (secondary N) is 4. The number of hydrogen-bond donors (Lipinski definition) is 7. The number of imidazole rings is 1. The molecule has 13 nitrogen and oxygen atoms in total. The first-order chi connectivity index (χ1) is 16.4. The van der Waals surface area contributed by atoms with Crippen LogP contribution in [-0.2, 0) is 30.4 Å². The largest absolute Gasteiger partial charge is 0.480 e. The lowest BCUT2D eigenvalue weighted by Gasteiger charge is -2.30. The van der Waals surface area contributed by atoms with E-state index >= 15 is 0 Å². The van der Waals surface area contributed by atoms with Gasteiger partial charge in [-0.15, -0.1) is 0 Å². The highest BCUT2D eigenvalue weighted by Crippen LogP contribution is 2.13. The number of nitrogens with two attached hydrogens (primary N) is 2. The fourth-order valence-electron chi connectivity index (χ4n) is 3.30. The Balaban J connectivity index is 3.00. The SMILES string of the molecule is CCC(C)C(NC(=O)C(N)Cc1cnc[nH]1)C(=O)NC(C(=O)NC(CC(N)=O)C(=O)O)C(C)CC. The highest BCUT2D eigenvalue weighted by atomic mass is 16.4. The summed E-state index contributed by atoms with van der Waals surface area (Å²) in [5, 5.41) is 16.9. The van der Waals surface area contributed by atoms with Crippen LogP contribution >= 0.6 is 0 Å². The van der Waals surface area contributed by atoms with Crippen molar-refractivity contribution in [3.63, 3.8) is 0 Å². The van der Waals surface area contributed by atoms with Crippen molar-refractivity contribution in [3.05, 3.63) is 18.2 Å². The molecule has 4 amide bonds. The molecule has 1 heterocycles. The van der Waals surface area contributed by atoms with Gasteiger partial charge >= 0.3 is 5.97 Å². The smallest absolute Gasteiger partial charge is 0.326 e. The number of carbonyl (C=O) groups excluding carboxylic acids is 4. The molecule has 6 atom stereocenters. The van der Waals surface area contributed by atoms with Gasteiger partial charge in [0.2, 0.25) is 23.6 Å². The fraction of sp³-hybridized carbons (Fsp3) is 0.636. The Morgan fingerprint density at radius 3 is 1.91 bits per heavy atom. The normalized spacial score (nSPS) is 16.1. The van der Waals surface area contributed by atoms with Crippen LogP contribution in [0.4, 0.5) is 0 Å². The van der Waals surface area contributed by atoms with Gasteiger partial charge in [-0.25, -0.2) is 9.78 Å². The van der Waals surface area contributed by atoms with Crippen LogP contribution < -0.4 is 27.4 Å². The highest BCUT2D eigenvalue weighted by Gasteiger charge is 2.34. The minimum atomic E-state index is -1.53. The molecule has 0 aromatic carbocycles. The van der Waals surface area contributed by atoms with Gasteiger partial charge in [0.25, 0.3) is 0 Å². The average Bonchev–Trinajstić information content (AvgIpc) is 3.31. The van der Waals surface area contributed by atoms with E-state index in [0.717, 1.165) is 0 Å². The molecule has 9 N–H and O–H groups in total. The molecule has 0 radical (unpaired) electrons. The van der Waals surface area contributed by atoms with Gasteiger partial charge in [0.1, 0.15) is 18.1 Å². The second kappa shape index (κ2) is 14.0. The molecule has 0 aliphatic heterocycles. The summed E-state index contributed by atoms with van der Waals surface area (Å²) in [6.45, 7) is 7.14. The van der Waals surface area contributed by atoms with Crippen LogP contribution in [0.25, 0.3) is 0 Å². The zero-order chi connectivity index (χ0) is 26.7. The van der Waals surface area contributed by atoms with E-state index < -0.39 is 60.2 Å². The number of hydrogen-bond acceptors (Lipinski definition) is 7. The fourth-order valence-corrected chi connectivity index (χ4v) is 3.30. The van der Waals surface area contributed by atoms with E-state index in [9.17, 15) is 29.1 Å².